The zero-order chi connectivity index (χ0) is 31.1. The van der Waals surface area contributed by atoms with Crippen LogP contribution >= 0.6 is 0 Å². The van der Waals surface area contributed by atoms with E-state index < -0.39 is 23.1 Å². The number of rotatable bonds is 6. The van der Waals surface area contributed by atoms with Gasteiger partial charge in [-0.05, 0) is 61.7 Å². The third-order valence-corrected chi connectivity index (χ3v) is 10.0. The lowest BCUT2D eigenvalue weighted by molar-refractivity contribution is 0.107. The van der Waals surface area contributed by atoms with Crippen LogP contribution in [0.2, 0.25) is 0 Å². The van der Waals surface area contributed by atoms with Gasteiger partial charge in [-0.2, -0.15) is 19.7 Å². The Morgan fingerprint density at radius 2 is 2.14 bits per heavy atom. The number of nitrogens with zero attached hydrogens (tertiary/aromatic N) is 6. The van der Waals surface area contributed by atoms with Gasteiger partial charge in [0.05, 0.1) is 24.2 Å². The number of hydrogen-bond acceptors (Lipinski definition) is 9. The Bertz CT molecular complexity index is 1900. The van der Waals surface area contributed by atoms with Gasteiger partial charge in [-0.15, -0.1) is 0 Å². The molecule has 0 amide bonds. The van der Waals surface area contributed by atoms with Crippen molar-refractivity contribution in [1.82, 2.24) is 30.0 Å². The lowest BCUT2D eigenvalue weighted by Crippen LogP contribution is -2.61. The first-order valence-corrected chi connectivity index (χ1v) is 15.5. The average Bonchev–Trinajstić information content (AvgIpc) is 3.52. The summed E-state index contributed by atoms with van der Waals surface area (Å²) in [4.78, 5) is 27.9. The van der Waals surface area contributed by atoms with Gasteiger partial charge in [-0.1, -0.05) is 13.0 Å². The van der Waals surface area contributed by atoms with Crippen LogP contribution in [0.1, 0.15) is 46.0 Å². The molecule has 230 valence electrons. The van der Waals surface area contributed by atoms with Crippen LogP contribution in [0.5, 0.6) is 11.8 Å². The number of aryl methyl sites for hydroxylation is 1. The number of hydrogen-bond donors (Lipinski definition) is 2. The van der Waals surface area contributed by atoms with Crippen molar-refractivity contribution in [2.75, 3.05) is 37.7 Å². The van der Waals surface area contributed by atoms with Crippen LogP contribution < -0.4 is 20.5 Å². The van der Waals surface area contributed by atoms with Crippen LogP contribution in [0.4, 0.5) is 14.6 Å². The molecule has 2 N–H and O–H groups in total. The molecule has 4 aromatic rings. The first kappa shape index (κ1) is 26.5. The smallest absolute Gasteiger partial charge is 0.319 e. The van der Waals surface area contributed by atoms with Gasteiger partial charge in [-0.3, -0.25) is 9.69 Å². The second-order valence-electron chi connectivity index (χ2n) is 12.6. The van der Waals surface area contributed by atoms with Crippen molar-refractivity contribution in [3.8, 4) is 17.4 Å². The zero-order valence-electron chi connectivity index (χ0n) is 25.5. The maximum absolute atomic E-state index is 15.0. The van der Waals surface area contributed by atoms with Crippen molar-refractivity contribution in [3.05, 3.63) is 52.2 Å². The second kappa shape index (κ2) is 10.3. The van der Waals surface area contributed by atoms with E-state index in [9.17, 15) is 18.7 Å². The SMILES string of the molecule is [2H][C@]1(F)CN2CCC[C@@]2(COc2nc(N3CC4CCC3CN4)c3cnn(-c4cc(O)cc5ccc(F)c(CC)c45)c(=O)c3n2)C1. The third kappa shape index (κ3) is 4.33. The maximum Gasteiger partial charge on any atom is 0.319 e. The van der Waals surface area contributed by atoms with Gasteiger partial charge in [0.2, 0.25) is 0 Å². The summed E-state index contributed by atoms with van der Waals surface area (Å²) in [7, 11) is 0. The van der Waals surface area contributed by atoms with Gasteiger partial charge >= 0.3 is 6.01 Å². The summed E-state index contributed by atoms with van der Waals surface area (Å²) in [5.41, 5.74) is -0.440. The van der Waals surface area contributed by atoms with Gasteiger partial charge < -0.3 is 20.1 Å². The molecule has 5 aliphatic rings. The lowest BCUT2D eigenvalue weighted by Gasteiger charge is -2.46. The van der Waals surface area contributed by atoms with Crippen LogP contribution in [0, 0.1) is 5.82 Å². The molecule has 5 saturated heterocycles. The van der Waals surface area contributed by atoms with Gasteiger partial charge in [0.1, 0.15) is 35.7 Å². The summed E-state index contributed by atoms with van der Waals surface area (Å²) in [6.45, 7) is 4.17. The second-order valence-corrected chi connectivity index (χ2v) is 12.6. The van der Waals surface area contributed by atoms with E-state index in [4.69, 9.17) is 11.1 Å². The Balaban J connectivity index is 1.28. The van der Waals surface area contributed by atoms with E-state index in [1.807, 2.05) is 11.8 Å². The Kier molecular flexibility index (Phi) is 6.23. The number of piperidine rings is 2. The van der Waals surface area contributed by atoms with Crippen molar-refractivity contribution in [1.29, 1.82) is 0 Å². The minimum atomic E-state index is -2.04. The number of phenolic OH excluding ortho intramolecular Hbond substituents is 1. The summed E-state index contributed by atoms with van der Waals surface area (Å²) in [6.07, 6.45) is 3.55. The van der Waals surface area contributed by atoms with Crippen molar-refractivity contribution in [3.63, 3.8) is 0 Å². The molecule has 44 heavy (non-hydrogen) atoms. The Morgan fingerprint density at radius 3 is 2.91 bits per heavy atom. The molecule has 7 heterocycles. The molecule has 0 saturated carbocycles. The summed E-state index contributed by atoms with van der Waals surface area (Å²) in [6, 6.07) is 6.34. The van der Waals surface area contributed by atoms with Crippen LogP contribution in [0.15, 0.2) is 35.3 Å². The molecule has 10 nitrogen and oxygen atoms in total. The molecule has 4 atom stereocenters. The van der Waals surface area contributed by atoms with Crippen LogP contribution in [-0.2, 0) is 6.42 Å². The van der Waals surface area contributed by atoms with Crippen molar-refractivity contribution in [2.24, 2.45) is 0 Å². The molecule has 5 fully saturated rings. The number of phenols is 1. The lowest BCUT2D eigenvalue weighted by atomic mass is 9.93. The molecule has 0 radical (unpaired) electrons. The van der Waals surface area contributed by atoms with Crippen molar-refractivity contribution in [2.45, 2.75) is 69.2 Å². The number of fused-ring (bicyclic) bond motifs is 6. The topological polar surface area (TPSA) is 109 Å². The predicted octanol–water partition coefficient (Wildman–Crippen LogP) is 3.63. The highest BCUT2D eigenvalue weighted by Gasteiger charge is 2.49. The molecule has 9 rings (SSSR count). The molecule has 5 aliphatic heterocycles. The number of aromatic nitrogens is 4. The highest BCUT2D eigenvalue weighted by Crippen LogP contribution is 2.41. The van der Waals surface area contributed by atoms with Gasteiger partial charge in [-0.25, -0.2) is 8.78 Å². The van der Waals surface area contributed by atoms with Crippen LogP contribution in [0.3, 0.4) is 0 Å². The zero-order valence-corrected chi connectivity index (χ0v) is 24.5. The first-order valence-electron chi connectivity index (χ1n) is 16.0. The van der Waals surface area contributed by atoms with Crippen molar-refractivity contribution < 1.29 is 20.0 Å². The van der Waals surface area contributed by atoms with E-state index in [-0.39, 0.29) is 54.6 Å². The number of alkyl halides is 1. The normalized spacial score (nSPS) is 28.6. The van der Waals surface area contributed by atoms with Crippen LogP contribution in [-0.4, -0.2) is 86.3 Å². The quantitative estimate of drug-likeness (QED) is 0.341. The molecule has 0 aliphatic carbocycles. The number of aromatic hydroxyl groups is 1. The fourth-order valence-corrected chi connectivity index (χ4v) is 7.87. The summed E-state index contributed by atoms with van der Waals surface area (Å²) in [5, 5.41) is 20.2. The fourth-order valence-electron chi connectivity index (χ4n) is 7.87. The molecule has 2 bridgehead atoms. The molecular formula is C32H35F2N7O3. The average molecular weight is 605 g/mol. The summed E-state index contributed by atoms with van der Waals surface area (Å²) < 4.78 is 45.2. The Labute approximate surface area is 254 Å². The van der Waals surface area contributed by atoms with Gasteiger partial charge in [0.15, 0.2) is 0 Å². The number of anilines is 1. The number of ether oxygens (including phenoxy) is 1. The highest BCUT2D eigenvalue weighted by molar-refractivity contribution is 5.95. The predicted molar refractivity (Wildman–Crippen MR) is 162 cm³/mol. The summed E-state index contributed by atoms with van der Waals surface area (Å²) in [5.74, 6) is 0.0630. The van der Waals surface area contributed by atoms with Crippen LogP contribution in [0.25, 0.3) is 27.4 Å². The first-order chi connectivity index (χ1) is 21.6. The standard InChI is InChI=1S/C32H35F2N7O3/c1-2-23-25(34)7-4-18-10-22(42)11-26(27(18)23)41-30(43)28-24(14-36-41)29(40-16-20-5-6-21(40)13-35-20)38-31(37-28)44-17-32-8-3-9-39(32)15-19(33)12-32/h4,7,10-11,14,19-21,35,42H,2-3,5-6,8-9,12-13,15-17H2,1H3/t19-,20?,21?,32+/m1/s1/i19D. The van der Waals surface area contributed by atoms with E-state index in [2.05, 4.69) is 20.3 Å². The van der Waals surface area contributed by atoms with Gasteiger partial charge in [0, 0.05) is 49.6 Å². The minimum Gasteiger partial charge on any atom is -0.508 e. The largest absolute Gasteiger partial charge is 0.508 e. The highest BCUT2D eigenvalue weighted by atomic mass is 19.1. The molecule has 12 heteroatoms. The number of piperazine rings is 1. The maximum atomic E-state index is 15.0. The van der Waals surface area contributed by atoms with Gasteiger partial charge in [0.25, 0.3) is 5.56 Å². The minimum absolute atomic E-state index is 0.00498. The van der Waals surface area contributed by atoms with E-state index in [0.717, 1.165) is 30.5 Å². The number of nitrogens with one attached hydrogen (secondary N) is 1. The molecule has 2 unspecified atom stereocenters. The van der Waals surface area contributed by atoms with E-state index in [1.165, 1.54) is 18.2 Å². The summed E-state index contributed by atoms with van der Waals surface area (Å²) >= 11 is 0. The number of benzene rings is 2. The van der Waals surface area contributed by atoms with E-state index in [0.29, 0.717) is 53.5 Å². The third-order valence-electron chi connectivity index (χ3n) is 10.0. The van der Waals surface area contributed by atoms with E-state index >= 15 is 0 Å². The molecule has 2 aromatic carbocycles. The molecule has 0 spiro atoms. The Hall–Kier alpha value is -3.90. The fraction of sp³-hybridized carbons (Fsp3) is 0.500. The van der Waals surface area contributed by atoms with E-state index in [1.54, 1.807) is 12.3 Å². The number of halogens is 2. The molecule has 2 aromatic heterocycles. The molecular weight excluding hydrogens is 568 g/mol. The Morgan fingerprint density at radius 1 is 1.25 bits per heavy atom. The van der Waals surface area contributed by atoms with Crippen molar-refractivity contribution >= 4 is 27.5 Å². The monoisotopic (exact) mass is 604 g/mol.